The predicted molar refractivity (Wildman–Crippen MR) is 99.6 cm³/mol. The topological polar surface area (TPSA) is 100.0 Å². The largest absolute Gasteiger partial charge is 0.492 e. The van der Waals surface area contributed by atoms with E-state index in [1.54, 1.807) is 48.5 Å². The first-order valence-corrected chi connectivity index (χ1v) is 8.56. The standard InChI is InChI=1S/C20H14ClN3O3/c21-15-7-5-13(6-8-15)17(11-24(25)26)18-12-27-19-4-2-1-3-16(19)20(18)14(9-22)10-23/h1-8,17-18H,11-12H2/t17-,18-/m0/s1. The van der Waals surface area contributed by atoms with Gasteiger partial charge in [-0.2, -0.15) is 10.5 Å². The third-order valence-electron chi connectivity index (χ3n) is 4.59. The summed E-state index contributed by atoms with van der Waals surface area (Å²) in [7, 11) is 0. The summed E-state index contributed by atoms with van der Waals surface area (Å²) in [6.45, 7) is -0.216. The summed E-state index contributed by atoms with van der Waals surface area (Å²) in [6.07, 6.45) is 0. The van der Waals surface area contributed by atoms with Crippen LogP contribution in [-0.2, 0) is 0 Å². The Hall–Kier alpha value is -3.35. The van der Waals surface area contributed by atoms with Gasteiger partial charge in [0.1, 0.15) is 23.5 Å². The normalized spacial score (nSPS) is 16.3. The molecule has 0 saturated carbocycles. The van der Waals surface area contributed by atoms with Crippen molar-refractivity contribution in [2.45, 2.75) is 5.92 Å². The van der Waals surface area contributed by atoms with Crippen molar-refractivity contribution in [2.75, 3.05) is 13.2 Å². The molecule has 0 N–H and O–H groups in total. The van der Waals surface area contributed by atoms with Crippen molar-refractivity contribution in [3.8, 4) is 17.9 Å². The van der Waals surface area contributed by atoms with Gasteiger partial charge in [-0.15, -0.1) is 0 Å². The maximum atomic E-state index is 11.3. The van der Waals surface area contributed by atoms with E-state index in [9.17, 15) is 20.6 Å². The number of hydrogen-bond donors (Lipinski definition) is 0. The van der Waals surface area contributed by atoms with E-state index in [1.807, 2.05) is 12.1 Å². The number of benzene rings is 2. The summed E-state index contributed by atoms with van der Waals surface area (Å²) in [5, 5.41) is 30.8. The Morgan fingerprint density at radius 2 is 1.89 bits per heavy atom. The maximum Gasteiger partial charge on any atom is 0.211 e. The second-order valence-corrected chi connectivity index (χ2v) is 6.54. The molecule has 0 aromatic heterocycles. The van der Waals surface area contributed by atoms with Crippen molar-refractivity contribution in [1.29, 1.82) is 10.5 Å². The van der Waals surface area contributed by atoms with E-state index in [0.717, 1.165) is 0 Å². The molecule has 1 aliphatic heterocycles. The number of rotatable bonds is 4. The molecular formula is C20H14ClN3O3. The molecule has 0 bridgehead atoms. The molecule has 0 unspecified atom stereocenters. The van der Waals surface area contributed by atoms with Crippen LogP contribution in [0.1, 0.15) is 17.0 Å². The first-order valence-electron chi connectivity index (χ1n) is 8.19. The highest BCUT2D eigenvalue weighted by molar-refractivity contribution is 6.30. The first-order chi connectivity index (χ1) is 13.0. The van der Waals surface area contributed by atoms with Gasteiger partial charge in [-0.3, -0.25) is 10.1 Å². The lowest BCUT2D eigenvalue weighted by Gasteiger charge is -2.32. The molecule has 2 aromatic rings. The van der Waals surface area contributed by atoms with Crippen LogP contribution in [0.2, 0.25) is 5.02 Å². The number of hydrogen-bond acceptors (Lipinski definition) is 5. The Kier molecular flexibility index (Phi) is 5.40. The molecule has 0 amide bonds. The van der Waals surface area contributed by atoms with E-state index >= 15 is 0 Å². The van der Waals surface area contributed by atoms with E-state index in [4.69, 9.17) is 16.3 Å². The quantitative estimate of drug-likeness (QED) is 0.450. The van der Waals surface area contributed by atoms with E-state index in [-0.39, 0.29) is 18.7 Å². The van der Waals surface area contributed by atoms with E-state index in [1.165, 1.54) is 0 Å². The Bertz CT molecular complexity index is 971. The van der Waals surface area contributed by atoms with Gasteiger partial charge in [0.15, 0.2) is 0 Å². The molecule has 7 heteroatoms. The van der Waals surface area contributed by atoms with Crippen molar-refractivity contribution < 1.29 is 9.66 Å². The molecule has 1 heterocycles. The van der Waals surface area contributed by atoms with Gasteiger partial charge in [0.2, 0.25) is 6.54 Å². The predicted octanol–water partition coefficient (Wildman–Crippen LogP) is 4.21. The minimum atomic E-state index is -0.572. The van der Waals surface area contributed by atoms with Crippen molar-refractivity contribution in [1.82, 2.24) is 0 Å². The minimum absolute atomic E-state index is 0.0574. The summed E-state index contributed by atoms with van der Waals surface area (Å²) in [5.41, 5.74) is 1.76. The Balaban J connectivity index is 2.17. The molecule has 0 aliphatic carbocycles. The molecule has 1 aliphatic rings. The fraction of sp³-hybridized carbons (Fsp3) is 0.200. The fourth-order valence-corrected chi connectivity index (χ4v) is 3.52. The second kappa shape index (κ2) is 7.90. The van der Waals surface area contributed by atoms with Crippen molar-refractivity contribution in [3.05, 3.63) is 80.4 Å². The maximum absolute atomic E-state index is 11.3. The van der Waals surface area contributed by atoms with E-state index in [2.05, 4.69) is 0 Å². The van der Waals surface area contributed by atoms with Gasteiger partial charge in [-0.05, 0) is 29.3 Å². The highest BCUT2D eigenvalue weighted by Gasteiger charge is 2.37. The third-order valence-corrected chi connectivity index (χ3v) is 4.84. The third kappa shape index (κ3) is 3.76. The molecule has 6 nitrogen and oxygen atoms in total. The average Bonchev–Trinajstić information content (AvgIpc) is 2.68. The average molecular weight is 380 g/mol. The molecule has 2 aromatic carbocycles. The van der Waals surface area contributed by atoms with Crippen LogP contribution in [0.25, 0.3) is 5.57 Å². The number of nitriles is 2. The molecule has 0 radical (unpaired) electrons. The van der Waals surface area contributed by atoms with Gasteiger partial charge in [-0.1, -0.05) is 41.9 Å². The van der Waals surface area contributed by atoms with E-state index in [0.29, 0.717) is 27.5 Å². The molecule has 0 saturated heterocycles. The number of allylic oxidation sites excluding steroid dienone is 1. The van der Waals surface area contributed by atoms with Gasteiger partial charge in [-0.25, -0.2) is 0 Å². The Labute approximate surface area is 161 Å². The highest BCUT2D eigenvalue weighted by atomic mass is 35.5. The minimum Gasteiger partial charge on any atom is -0.492 e. The Morgan fingerprint density at radius 3 is 2.52 bits per heavy atom. The van der Waals surface area contributed by atoms with Gasteiger partial charge < -0.3 is 4.74 Å². The number of para-hydroxylation sites is 1. The number of nitrogens with zero attached hydrogens (tertiary/aromatic N) is 3. The summed E-state index contributed by atoms with van der Waals surface area (Å²) < 4.78 is 5.81. The Morgan fingerprint density at radius 1 is 1.22 bits per heavy atom. The first kappa shape index (κ1) is 18.4. The van der Waals surface area contributed by atoms with Gasteiger partial charge in [0, 0.05) is 21.4 Å². The number of nitro groups is 1. The summed E-state index contributed by atoms with van der Waals surface area (Å²) >= 11 is 5.94. The van der Waals surface area contributed by atoms with E-state index < -0.39 is 16.8 Å². The molecule has 2 atom stereocenters. The summed E-state index contributed by atoms with van der Waals surface area (Å²) in [5.74, 6) is -0.527. The number of fused-ring (bicyclic) bond motifs is 1. The molecule has 0 spiro atoms. The molecule has 27 heavy (non-hydrogen) atoms. The van der Waals surface area contributed by atoms with Crippen LogP contribution >= 0.6 is 11.6 Å². The lowest BCUT2D eigenvalue weighted by atomic mass is 9.76. The van der Waals surface area contributed by atoms with Crippen LogP contribution in [0.4, 0.5) is 0 Å². The zero-order valence-electron chi connectivity index (χ0n) is 14.1. The van der Waals surface area contributed by atoms with Gasteiger partial charge in [0.05, 0.1) is 12.5 Å². The van der Waals surface area contributed by atoms with Crippen LogP contribution in [0.5, 0.6) is 5.75 Å². The van der Waals surface area contributed by atoms with Crippen LogP contribution in [0, 0.1) is 38.7 Å². The zero-order valence-corrected chi connectivity index (χ0v) is 14.9. The molecular weight excluding hydrogens is 366 g/mol. The SMILES string of the molecule is N#CC(C#N)=C1c2ccccc2OC[C@H]1[C@@H](C[N+](=O)[O-])c1ccc(Cl)cc1. The lowest BCUT2D eigenvalue weighted by Crippen LogP contribution is -2.30. The lowest BCUT2D eigenvalue weighted by molar-refractivity contribution is -0.484. The summed E-state index contributed by atoms with van der Waals surface area (Å²) in [4.78, 5) is 11.0. The smallest absolute Gasteiger partial charge is 0.211 e. The highest BCUT2D eigenvalue weighted by Crippen LogP contribution is 2.44. The van der Waals surface area contributed by atoms with Crippen molar-refractivity contribution in [2.24, 2.45) is 5.92 Å². The number of ether oxygens (including phenoxy) is 1. The van der Waals surface area contributed by atoms with Gasteiger partial charge >= 0.3 is 0 Å². The fourth-order valence-electron chi connectivity index (χ4n) is 3.40. The number of halogens is 1. The zero-order chi connectivity index (χ0) is 19.4. The molecule has 0 fully saturated rings. The molecule has 3 rings (SSSR count). The van der Waals surface area contributed by atoms with Crippen LogP contribution in [-0.4, -0.2) is 18.1 Å². The molecule has 134 valence electrons. The van der Waals surface area contributed by atoms with Gasteiger partial charge in [0.25, 0.3) is 0 Å². The van der Waals surface area contributed by atoms with Crippen LogP contribution < -0.4 is 4.74 Å². The second-order valence-electron chi connectivity index (χ2n) is 6.10. The summed E-state index contributed by atoms with van der Waals surface area (Å²) in [6, 6.07) is 17.7. The van der Waals surface area contributed by atoms with Crippen LogP contribution in [0.3, 0.4) is 0 Å². The van der Waals surface area contributed by atoms with Crippen molar-refractivity contribution >= 4 is 17.2 Å². The van der Waals surface area contributed by atoms with Crippen molar-refractivity contribution in [3.63, 3.8) is 0 Å². The van der Waals surface area contributed by atoms with Crippen LogP contribution in [0.15, 0.2) is 54.1 Å². The monoisotopic (exact) mass is 379 g/mol.